The molecule has 0 bridgehead atoms. The number of nitrogens with one attached hydrogen (secondary N) is 1. The van der Waals surface area contributed by atoms with Crippen molar-refractivity contribution in [2.75, 3.05) is 26.2 Å². The van der Waals surface area contributed by atoms with E-state index < -0.39 is 0 Å². The summed E-state index contributed by atoms with van der Waals surface area (Å²) in [6, 6.07) is 0.725. The zero-order chi connectivity index (χ0) is 11.1. The van der Waals surface area contributed by atoms with Crippen LogP contribution in [0.2, 0.25) is 0 Å². The van der Waals surface area contributed by atoms with Gasteiger partial charge < -0.3 is 10.2 Å². The summed E-state index contributed by atoms with van der Waals surface area (Å²) in [4.78, 5) is 2.54. The van der Waals surface area contributed by atoms with Gasteiger partial charge in [-0.1, -0.05) is 13.8 Å². The molecule has 2 nitrogen and oxygen atoms in total. The normalized spacial score (nSPS) is 27.1. The van der Waals surface area contributed by atoms with E-state index in [0.717, 1.165) is 31.5 Å². The average Bonchev–Trinajstić information content (AvgIpc) is 2.23. The van der Waals surface area contributed by atoms with Gasteiger partial charge >= 0.3 is 0 Å². The fourth-order valence-electron chi connectivity index (χ4n) is 2.34. The number of hydrogen-bond acceptors (Lipinski definition) is 2. The molecule has 1 aliphatic heterocycles. The Balaban J connectivity index is 2.26. The predicted molar refractivity (Wildman–Crippen MR) is 65.8 cm³/mol. The monoisotopic (exact) mass is 208 g/mol. The van der Waals surface area contributed by atoms with Gasteiger partial charge in [0.1, 0.15) is 0 Å². The maximum atomic E-state index is 3.57. The summed E-state index contributed by atoms with van der Waals surface area (Å²) in [5, 5.41) is 3.57. The Bertz CT molecular complexity index is 226. The Kier molecular flexibility index (Phi) is 5.75. The first-order valence-corrected chi connectivity index (χ1v) is 6.13. The first kappa shape index (κ1) is 12.5. The van der Waals surface area contributed by atoms with Crippen LogP contribution in [0.25, 0.3) is 0 Å². The molecule has 15 heavy (non-hydrogen) atoms. The first-order chi connectivity index (χ1) is 7.27. The van der Waals surface area contributed by atoms with E-state index >= 15 is 0 Å². The molecule has 0 aromatic rings. The zero-order valence-electron chi connectivity index (χ0n) is 10.3. The van der Waals surface area contributed by atoms with Gasteiger partial charge in [0.15, 0.2) is 0 Å². The minimum Gasteiger partial charge on any atom is -0.314 e. The number of piperidine rings is 1. The molecule has 86 valence electrons. The van der Waals surface area contributed by atoms with Gasteiger partial charge in [0, 0.05) is 25.6 Å². The van der Waals surface area contributed by atoms with Gasteiger partial charge in [-0.15, -0.1) is 11.8 Å². The molecule has 1 heterocycles. The largest absolute Gasteiger partial charge is 0.314 e. The van der Waals surface area contributed by atoms with Gasteiger partial charge in [0.25, 0.3) is 0 Å². The van der Waals surface area contributed by atoms with E-state index in [1.807, 2.05) is 6.92 Å². The smallest absolute Gasteiger partial charge is 0.0216 e. The molecule has 0 saturated carbocycles. The Morgan fingerprint density at radius 3 is 2.87 bits per heavy atom. The molecule has 0 aliphatic carbocycles. The highest BCUT2D eigenvalue weighted by Crippen LogP contribution is 2.16. The highest BCUT2D eigenvalue weighted by molar-refractivity contribution is 4.96. The van der Waals surface area contributed by atoms with Crippen LogP contribution in [-0.4, -0.2) is 37.1 Å². The lowest BCUT2D eigenvalue weighted by atomic mass is 9.94. The van der Waals surface area contributed by atoms with Crippen LogP contribution in [0.4, 0.5) is 0 Å². The molecule has 2 unspecified atom stereocenters. The molecule has 2 atom stereocenters. The Morgan fingerprint density at radius 1 is 1.47 bits per heavy atom. The van der Waals surface area contributed by atoms with Gasteiger partial charge in [0.05, 0.1) is 0 Å². The van der Waals surface area contributed by atoms with Crippen LogP contribution in [0.3, 0.4) is 0 Å². The van der Waals surface area contributed by atoms with Crippen LogP contribution < -0.4 is 5.32 Å². The fraction of sp³-hybridized carbons (Fsp3) is 0.846. The van der Waals surface area contributed by atoms with Crippen molar-refractivity contribution in [3.05, 3.63) is 0 Å². The second kappa shape index (κ2) is 6.87. The molecule has 0 aromatic carbocycles. The van der Waals surface area contributed by atoms with Crippen molar-refractivity contribution in [3.63, 3.8) is 0 Å². The van der Waals surface area contributed by atoms with Gasteiger partial charge in [-0.05, 0) is 32.4 Å². The molecule has 0 amide bonds. The molecule has 0 spiro atoms. The van der Waals surface area contributed by atoms with Crippen molar-refractivity contribution in [2.45, 2.75) is 39.7 Å². The van der Waals surface area contributed by atoms with Crippen LogP contribution in [-0.2, 0) is 0 Å². The van der Waals surface area contributed by atoms with E-state index in [1.54, 1.807) is 0 Å². The molecule has 1 saturated heterocycles. The predicted octanol–water partition coefficient (Wildman–Crippen LogP) is 1.72. The van der Waals surface area contributed by atoms with Crippen molar-refractivity contribution < 1.29 is 0 Å². The van der Waals surface area contributed by atoms with E-state index in [-0.39, 0.29) is 0 Å². The van der Waals surface area contributed by atoms with Crippen LogP contribution in [0, 0.1) is 17.8 Å². The summed E-state index contributed by atoms with van der Waals surface area (Å²) in [7, 11) is 0. The van der Waals surface area contributed by atoms with Gasteiger partial charge in [-0.2, -0.15) is 0 Å². The summed E-state index contributed by atoms with van der Waals surface area (Å²) in [6.45, 7) is 11.2. The van der Waals surface area contributed by atoms with Crippen LogP contribution in [0.15, 0.2) is 0 Å². The molecule has 0 aromatic heterocycles. The van der Waals surface area contributed by atoms with Crippen molar-refractivity contribution in [1.29, 1.82) is 0 Å². The van der Waals surface area contributed by atoms with E-state index in [9.17, 15) is 0 Å². The van der Waals surface area contributed by atoms with E-state index in [1.165, 1.54) is 19.5 Å². The summed E-state index contributed by atoms with van der Waals surface area (Å²) in [6.07, 6.45) is 2.31. The minimum absolute atomic E-state index is 0.725. The van der Waals surface area contributed by atoms with Crippen molar-refractivity contribution in [3.8, 4) is 11.8 Å². The highest BCUT2D eigenvalue weighted by Gasteiger charge is 2.24. The van der Waals surface area contributed by atoms with Gasteiger partial charge in [-0.3, -0.25) is 0 Å². The maximum absolute atomic E-state index is 3.57. The summed E-state index contributed by atoms with van der Waals surface area (Å²) in [5.41, 5.74) is 0. The lowest BCUT2D eigenvalue weighted by Crippen LogP contribution is -2.48. The van der Waals surface area contributed by atoms with E-state index in [0.29, 0.717) is 0 Å². The maximum Gasteiger partial charge on any atom is 0.0216 e. The molecule has 1 aliphatic rings. The van der Waals surface area contributed by atoms with E-state index in [4.69, 9.17) is 0 Å². The Labute approximate surface area is 94.4 Å². The zero-order valence-corrected chi connectivity index (χ0v) is 10.3. The Hall–Kier alpha value is -0.520. The first-order valence-electron chi connectivity index (χ1n) is 6.13. The van der Waals surface area contributed by atoms with Crippen molar-refractivity contribution in [2.24, 2.45) is 5.92 Å². The summed E-state index contributed by atoms with van der Waals surface area (Å²) in [5.74, 6) is 6.87. The fourth-order valence-corrected chi connectivity index (χ4v) is 2.34. The molecule has 1 rings (SSSR count). The summed E-state index contributed by atoms with van der Waals surface area (Å²) >= 11 is 0. The molecule has 1 N–H and O–H groups in total. The van der Waals surface area contributed by atoms with Crippen molar-refractivity contribution >= 4 is 0 Å². The highest BCUT2D eigenvalue weighted by atomic mass is 15.1. The molecular formula is C13H24N2. The third kappa shape index (κ3) is 4.24. The molecule has 0 radical (unpaired) electrons. The topological polar surface area (TPSA) is 15.3 Å². The molecular weight excluding hydrogens is 184 g/mol. The molecule has 1 fully saturated rings. The average molecular weight is 208 g/mol. The third-order valence-electron chi connectivity index (χ3n) is 3.19. The van der Waals surface area contributed by atoms with E-state index in [2.05, 4.69) is 35.9 Å². The molecule has 2 heteroatoms. The van der Waals surface area contributed by atoms with Crippen molar-refractivity contribution in [1.82, 2.24) is 10.2 Å². The quantitative estimate of drug-likeness (QED) is 0.708. The lowest BCUT2D eigenvalue weighted by molar-refractivity contribution is 0.151. The third-order valence-corrected chi connectivity index (χ3v) is 3.19. The Morgan fingerprint density at radius 2 is 2.27 bits per heavy atom. The van der Waals surface area contributed by atoms with Crippen LogP contribution >= 0.6 is 0 Å². The number of nitrogens with zero attached hydrogens (tertiary/aromatic N) is 1. The standard InChI is InChI=1S/C13H24N2/c1-4-6-7-9-15-10-8-13(14-5-2)12(3)11-15/h12-14H,5,7-11H2,1-3H3. The minimum atomic E-state index is 0.725. The summed E-state index contributed by atoms with van der Waals surface area (Å²) < 4.78 is 0. The second-order valence-corrected chi connectivity index (χ2v) is 4.41. The van der Waals surface area contributed by atoms with Crippen LogP contribution in [0.1, 0.15) is 33.6 Å². The van der Waals surface area contributed by atoms with Gasteiger partial charge in [-0.25, -0.2) is 0 Å². The number of hydrogen-bond donors (Lipinski definition) is 1. The van der Waals surface area contributed by atoms with Gasteiger partial charge in [0.2, 0.25) is 0 Å². The SMILES string of the molecule is CC#CCCN1CCC(NCC)C(C)C1. The lowest BCUT2D eigenvalue weighted by Gasteiger charge is -2.37. The number of rotatable bonds is 4. The van der Waals surface area contributed by atoms with Crippen LogP contribution in [0.5, 0.6) is 0 Å². The second-order valence-electron chi connectivity index (χ2n) is 4.41. The number of likely N-dealkylation sites (tertiary alicyclic amines) is 1.